The molecule has 1 heterocycles. The summed E-state index contributed by atoms with van der Waals surface area (Å²) in [6, 6.07) is 0. The van der Waals surface area contributed by atoms with Gasteiger partial charge in [0, 0.05) is 24.8 Å². The van der Waals surface area contributed by atoms with Crippen LogP contribution in [0.5, 0.6) is 0 Å². The summed E-state index contributed by atoms with van der Waals surface area (Å²) < 4.78 is 2.31. The molecule has 4 heteroatoms. The topological polar surface area (TPSA) is 33.1 Å². The average molecular weight is 236 g/mol. The highest BCUT2D eigenvalue weighted by Crippen LogP contribution is 2.37. The van der Waals surface area contributed by atoms with Gasteiger partial charge in [0.15, 0.2) is 0 Å². The maximum absolute atomic E-state index is 4.28. The molecule has 1 fully saturated rings. The predicted molar refractivity (Wildman–Crippen MR) is 69.9 cm³/mol. The lowest BCUT2D eigenvalue weighted by molar-refractivity contribution is 0.0416. The molecule has 0 unspecified atom stereocenters. The Bertz CT molecular complexity index is 352. The Morgan fingerprint density at radius 1 is 1.47 bits per heavy atom. The van der Waals surface area contributed by atoms with E-state index in [0.29, 0.717) is 5.54 Å². The van der Waals surface area contributed by atoms with Gasteiger partial charge in [0.05, 0.1) is 12.0 Å². The monoisotopic (exact) mass is 236 g/mol. The van der Waals surface area contributed by atoms with Gasteiger partial charge in [-0.25, -0.2) is 4.98 Å². The molecule has 4 nitrogen and oxygen atoms in total. The Kier molecular flexibility index (Phi) is 3.84. The van der Waals surface area contributed by atoms with Crippen LogP contribution in [0.3, 0.4) is 0 Å². The molecule has 0 saturated heterocycles. The van der Waals surface area contributed by atoms with Gasteiger partial charge < -0.3 is 14.8 Å². The molecule has 0 atom stereocenters. The van der Waals surface area contributed by atoms with Crippen LogP contribution in [0, 0.1) is 0 Å². The van der Waals surface area contributed by atoms with Crippen LogP contribution in [0.15, 0.2) is 12.5 Å². The standard InChI is InChI=1S/C13H24N4/c1-4-14-8-12-9-15-11-17(12)10-13(16(2)3)6-5-7-13/h9,11,14H,4-8,10H2,1-3H3. The lowest BCUT2D eigenvalue weighted by atomic mass is 9.75. The van der Waals surface area contributed by atoms with E-state index in [9.17, 15) is 0 Å². The normalized spacial score (nSPS) is 18.4. The fourth-order valence-electron chi connectivity index (χ4n) is 2.54. The third-order valence-electron chi connectivity index (χ3n) is 4.05. The van der Waals surface area contributed by atoms with Crippen molar-refractivity contribution in [1.29, 1.82) is 0 Å². The minimum atomic E-state index is 0.363. The number of rotatable bonds is 6. The van der Waals surface area contributed by atoms with Crippen molar-refractivity contribution in [2.75, 3.05) is 20.6 Å². The first kappa shape index (κ1) is 12.6. The molecule has 2 rings (SSSR count). The van der Waals surface area contributed by atoms with Gasteiger partial charge >= 0.3 is 0 Å². The number of imidazole rings is 1. The second-order valence-electron chi connectivity index (χ2n) is 5.27. The lowest BCUT2D eigenvalue weighted by Crippen LogP contribution is -2.53. The van der Waals surface area contributed by atoms with E-state index in [2.05, 4.69) is 40.8 Å². The molecule has 0 radical (unpaired) electrons. The molecule has 0 bridgehead atoms. The first-order valence-corrected chi connectivity index (χ1v) is 6.55. The van der Waals surface area contributed by atoms with Crippen LogP contribution in [-0.4, -0.2) is 40.6 Å². The molecule has 96 valence electrons. The van der Waals surface area contributed by atoms with E-state index in [4.69, 9.17) is 0 Å². The fraction of sp³-hybridized carbons (Fsp3) is 0.769. The first-order valence-electron chi connectivity index (χ1n) is 6.55. The van der Waals surface area contributed by atoms with Crippen molar-refractivity contribution in [2.45, 2.75) is 44.8 Å². The van der Waals surface area contributed by atoms with Crippen molar-refractivity contribution in [3.63, 3.8) is 0 Å². The van der Waals surface area contributed by atoms with Crippen LogP contribution in [0.4, 0.5) is 0 Å². The summed E-state index contributed by atoms with van der Waals surface area (Å²) in [4.78, 5) is 6.66. The molecule has 1 aliphatic rings. The molecular weight excluding hydrogens is 212 g/mol. The zero-order valence-corrected chi connectivity index (χ0v) is 11.2. The van der Waals surface area contributed by atoms with Crippen molar-refractivity contribution in [3.8, 4) is 0 Å². The van der Waals surface area contributed by atoms with Gasteiger partial charge in [-0.2, -0.15) is 0 Å². The van der Waals surface area contributed by atoms with Gasteiger partial charge in [0.1, 0.15) is 0 Å². The molecule has 1 aromatic heterocycles. The van der Waals surface area contributed by atoms with E-state index in [-0.39, 0.29) is 0 Å². The first-order chi connectivity index (χ1) is 8.18. The van der Waals surface area contributed by atoms with Gasteiger partial charge in [-0.1, -0.05) is 6.92 Å². The third kappa shape index (κ3) is 2.53. The van der Waals surface area contributed by atoms with Crippen molar-refractivity contribution in [2.24, 2.45) is 0 Å². The number of nitrogens with one attached hydrogen (secondary N) is 1. The van der Waals surface area contributed by atoms with Gasteiger partial charge in [-0.05, 0) is 39.9 Å². The summed E-state index contributed by atoms with van der Waals surface area (Å²) in [5.41, 5.74) is 1.65. The Hall–Kier alpha value is -0.870. The van der Waals surface area contributed by atoms with Crippen molar-refractivity contribution < 1.29 is 0 Å². The number of likely N-dealkylation sites (N-methyl/N-ethyl adjacent to an activating group) is 1. The largest absolute Gasteiger partial charge is 0.332 e. The summed E-state index contributed by atoms with van der Waals surface area (Å²) >= 11 is 0. The molecule has 0 aromatic carbocycles. The minimum Gasteiger partial charge on any atom is -0.332 e. The summed E-state index contributed by atoms with van der Waals surface area (Å²) in [5, 5.41) is 3.37. The molecular formula is C13H24N4. The molecule has 17 heavy (non-hydrogen) atoms. The van der Waals surface area contributed by atoms with Crippen molar-refractivity contribution >= 4 is 0 Å². The molecule has 1 N–H and O–H groups in total. The van der Waals surface area contributed by atoms with Crippen LogP contribution < -0.4 is 5.32 Å². The van der Waals surface area contributed by atoms with E-state index in [1.807, 2.05) is 12.5 Å². The summed E-state index contributed by atoms with van der Waals surface area (Å²) in [6.07, 6.45) is 7.91. The lowest BCUT2D eigenvalue weighted by Gasteiger charge is -2.47. The zero-order valence-electron chi connectivity index (χ0n) is 11.2. The van der Waals surface area contributed by atoms with Crippen molar-refractivity contribution in [3.05, 3.63) is 18.2 Å². The summed E-state index contributed by atoms with van der Waals surface area (Å²) in [7, 11) is 4.39. The Balaban J connectivity index is 2.05. The quantitative estimate of drug-likeness (QED) is 0.812. The van der Waals surface area contributed by atoms with Crippen LogP contribution in [0.2, 0.25) is 0 Å². The van der Waals surface area contributed by atoms with Crippen LogP contribution in [0.25, 0.3) is 0 Å². The van der Waals surface area contributed by atoms with E-state index in [0.717, 1.165) is 19.6 Å². The highest BCUT2D eigenvalue weighted by atomic mass is 15.2. The molecule has 1 saturated carbocycles. The van der Waals surface area contributed by atoms with Gasteiger partial charge in [-0.15, -0.1) is 0 Å². The second-order valence-corrected chi connectivity index (χ2v) is 5.27. The maximum atomic E-state index is 4.28. The summed E-state index contributed by atoms with van der Waals surface area (Å²) in [6.45, 7) is 5.12. The predicted octanol–water partition coefficient (Wildman–Crippen LogP) is 1.48. The zero-order chi connectivity index (χ0) is 12.3. The van der Waals surface area contributed by atoms with Gasteiger partial charge in [-0.3, -0.25) is 0 Å². The minimum absolute atomic E-state index is 0.363. The molecule has 0 spiro atoms. The molecule has 1 aliphatic carbocycles. The van der Waals surface area contributed by atoms with Crippen LogP contribution in [0.1, 0.15) is 31.9 Å². The smallest absolute Gasteiger partial charge is 0.0949 e. The van der Waals surface area contributed by atoms with E-state index in [1.54, 1.807) is 0 Å². The molecule has 0 amide bonds. The van der Waals surface area contributed by atoms with Crippen molar-refractivity contribution in [1.82, 2.24) is 19.8 Å². The van der Waals surface area contributed by atoms with Gasteiger partial charge in [0.2, 0.25) is 0 Å². The number of nitrogens with zero attached hydrogens (tertiary/aromatic N) is 3. The highest BCUT2D eigenvalue weighted by molar-refractivity contribution is 5.03. The average Bonchev–Trinajstić information content (AvgIpc) is 2.67. The molecule has 1 aromatic rings. The fourth-order valence-corrected chi connectivity index (χ4v) is 2.54. The summed E-state index contributed by atoms with van der Waals surface area (Å²) in [5.74, 6) is 0. The Morgan fingerprint density at radius 2 is 2.24 bits per heavy atom. The SMILES string of the molecule is CCNCc1cncn1CC1(N(C)C)CCC1. The second kappa shape index (κ2) is 5.19. The van der Waals surface area contributed by atoms with Crippen LogP contribution in [-0.2, 0) is 13.1 Å². The van der Waals surface area contributed by atoms with E-state index in [1.165, 1.54) is 25.0 Å². The van der Waals surface area contributed by atoms with E-state index < -0.39 is 0 Å². The van der Waals surface area contributed by atoms with E-state index >= 15 is 0 Å². The highest BCUT2D eigenvalue weighted by Gasteiger charge is 2.39. The maximum Gasteiger partial charge on any atom is 0.0949 e. The Labute approximate surface area is 104 Å². The number of hydrogen-bond donors (Lipinski definition) is 1. The molecule has 0 aliphatic heterocycles. The number of hydrogen-bond acceptors (Lipinski definition) is 3. The number of aromatic nitrogens is 2. The van der Waals surface area contributed by atoms with Gasteiger partial charge in [0.25, 0.3) is 0 Å². The third-order valence-corrected chi connectivity index (χ3v) is 4.05. The van der Waals surface area contributed by atoms with Crippen LogP contribution >= 0.6 is 0 Å². The Morgan fingerprint density at radius 3 is 2.76 bits per heavy atom.